The molecule has 0 saturated carbocycles. The lowest BCUT2D eigenvalue weighted by molar-refractivity contribution is 0.673. The summed E-state index contributed by atoms with van der Waals surface area (Å²) in [7, 11) is 0. The molecule has 0 saturated heterocycles. The molecule has 256 valence electrons. The molecule has 6 aromatic carbocycles. The molecule has 0 fully saturated rings. The highest BCUT2D eigenvalue weighted by atomic mass is 16.3. The van der Waals surface area contributed by atoms with Gasteiger partial charge in [0.25, 0.3) is 0 Å². The number of nitrogens with zero attached hydrogens (tertiary/aromatic N) is 6. The molecule has 5 heterocycles. The van der Waals surface area contributed by atoms with E-state index >= 15 is 0 Å². The molecule has 0 atom stereocenters. The van der Waals surface area contributed by atoms with Gasteiger partial charge >= 0.3 is 0 Å². The van der Waals surface area contributed by atoms with Crippen molar-refractivity contribution in [3.05, 3.63) is 170 Å². The average molecular weight is 705 g/mol. The van der Waals surface area contributed by atoms with Crippen LogP contribution in [0.15, 0.2) is 175 Å². The lowest BCUT2D eigenvalue weighted by Crippen LogP contribution is -2.00. The first-order valence-corrected chi connectivity index (χ1v) is 18.1. The molecule has 7 nitrogen and oxygen atoms in total. The molecule has 55 heavy (non-hydrogen) atoms. The molecule has 0 radical (unpaired) electrons. The zero-order valence-electron chi connectivity index (χ0n) is 29.3. The first-order valence-electron chi connectivity index (χ1n) is 18.1. The van der Waals surface area contributed by atoms with Gasteiger partial charge in [0, 0.05) is 61.8 Å². The normalized spacial score (nSPS) is 11.6. The largest absolute Gasteiger partial charge is 0.455 e. The van der Waals surface area contributed by atoms with E-state index in [1.807, 2.05) is 116 Å². The van der Waals surface area contributed by atoms with Gasteiger partial charge in [0.05, 0.1) is 22.1 Å². The molecule has 0 amide bonds. The molecule has 7 heteroatoms. The van der Waals surface area contributed by atoms with Crippen molar-refractivity contribution in [2.24, 2.45) is 0 Å². The van der Waals surface area contributed by atoms with Crippen LogP contribution < -0.4 is 0 Å². The van der Waals surface area contributed by atoms with Crippen LogP contribution in [0.2, 0.25) is 0 Å². The van der Waals surface area contributed by atoms with E-state index in [1.54, 1.807) is 0 Å². The number of para-hydroxylation sites is 2. The number of hydrogen-bond acceptors (Lipinski definition) is 7. The summed E-state index contributed by atoms with van der Waals surface area (Å²) in [6, 6.07) is 53.1. The Bertz CT molecular complexity index is 3190. The molecule has 5 aromatic heterocycles. The second kappa shape index (κ2) is 12.5. The van der Waals surface area contributed by atoms with Gasteiger partial charge in [-0.05, 0) is 35.9 Å². The fourth-order valence-corrected chi connectivity index (χ4v) is 7.56. The number of benzene rings is 6. The third kappa shape index (κ3) is 5.21. The minimum absolute atomic E-state index is 0.595. The minimum Gasteiger partial charge on any atom is -0.455 e. The number of fused-ring (bicyclic) bond motifs is 8. The van der Waals surface area contributed by atoms with Crippen LogP contribution in [-0.2, 0) is 0 Å². The molecular weight excluding hydrogens is 677 g/mol. The van der Waals surface area contributed by atoms with Crippen molar-refractivity contribution in [3.8, 4) is 56.5 Å². The number of pyridine rings is 3. The topological polar surface area (TPSA) is 90.5 Å². The first kappa shape index (κ1) is 30.9. The van der Waals surface area contributed by atoms with Crippen LogP contribution in [0, 0.1) is 0 Å². The van der Waals surface area contributed by atoms with Gasteiger partial charge in [-0.2, -0.15) is 0 Å². The van der Waals surface area contributed by atoms with Gasteiger partial charge in [0.2, 0.25) is 0 Å². The van der Waals surface area contributed by atoms with Crippen LogP contribution in [0.25, 0.3) is 111 Å². The van der Waals surface area contributed by atoms with Gasteiger partial charge in [-0.1, -0.05) is 127 Å². The summed E-state index contributed by atoms with van der Waals surface area (Å²) in [4.78, 5) is 29.8. The summed E-state index contributed by atoms with van der Waals surface area (Å²) < 4.78 is 6.61. The molecule has 0 aliphatic heterocycles. The second-order valence-electron chi connectivity index (χ2n) is 13.5. The highest BCUT2D eigenvalue weighted by Crippen LogP contribution is 2.41. The van der Waals surface area contributed by atoms with Gasteiger partial charge in [0.1, 0.15) is 16.7 Å². The Morgan fingerprint density at radius 2 is 1.00 bits per heavy atom. The average Bonchev–Trinajstić information content (AvgIpc) is 3.65. The zero-order chi connectivity index (χ0) is 36.3. The molecule has 0 aliphatic carbocycles. The molecule has 11 rings (SSSR count). The molecule has 0 bridgehead atoms. The predicted octanol–water partition coefficient (Wildman–Crippen LogP) is 11.8. The van der Waals surface area contributed by atoms with Gasteiger partial charge < -0.3 is 4.42 Å². The van der Waals surface area contributed by atoms with E-state index in [2.05, 4.69) is 59.6 Å². The van der Waals surface area contributed by atoms with Crippen LogP contribution in [0.5, 0.6) is 0 Å². The number of rotatable bonds is 5. The van der Waals surface area contributed by atoms with E-state index in [0.29, 0.717) is 17.5 Å². The van der Waals surface area contributed by atoms with Crippen LogP contribution in [-0.4, -0.2) is 29.9 Å². The van der Waals surface area contributed by atoms with Crippen LogP contribution in [0.4, 0.5) is 0 Å². The molecule has 11 aromatic rings. The van der Waals surface area contributed by atoms with Gasteiger partial charge in [-0.25, -0.2) is 19.9 Å². The Balaban J connectivity index is 1.11. The standard InChI is InChI=1S/C48H28N6O/c1-3-11-30(12-4-1)46-52-47(31-13-5-2-6-14-31)54-48(53-46)32-21-19-29(20-22-32)43-38-24-23-37-36-16-8-10-18-41(36)55-45(37)42(38)44-40(51-43)27-33(28-50-44)34-25-26-49-39-17-9-7-15-35(34)39/h1-28H. The van der Waals surface area contributed by atoms with Crippen LogP contribution in [0.1, 0.15) is 0 Å². The maximum Gasteiger partial charge on any atom is 0.164 e. The van der Waals surface area contributed by atoms with Crippen LogP contribution >= 0.6 is 0 Å². The van der Waals surface area contributed by atoms with Crippen molar-refractivity contribution in [2.45, 2.75) is 0 Å². The Labute approximate surface area is 314 Å². The van der Waals surface area contributed by atoms with Crippen molar-refractivity contribution in [1.82, 2.24) is 29.9 Å². The lowest BCUT2D eigenvalue weighted by Gasteiger charge is -2.13. The fraction of sp³-hybridized carbons (Fsp3) is 0. The Hall–Kier alpha value is -7.64. The highest BCUT2D eigenvalue weighted by molar-refractivity contribution is 6.24. The Kier molecular flexibility index (Phi) is 7.03. The number of furan rings is 1. The van der Waals surface area contributed by atoms with Gasteiger partial charge in [-0.15, -0.1) is 0 Å². The molecule has 0 aliphatic rings. The lowest BCUT2D eigenvalue weighted by atomic mass is 9.97. The van der Waals surface area contributed by atoms with Crippen molar-refractivity contribution < 1.29 is 4.42 Å². The first-order chi connectivity index (χ1) is 27.2. The van der Waals surface area contributed by atoms with Gasteiger partial charge in [-0.3, -0.25) is 9.97 Å². The number of hydrogen-bond donors (Lipinski definition) is 0. The molecule has 0 spiro atoms. The maximum absolute atomic E-state index is 6.61. The number of aromatic nitrogens is 6. The minimum atomic E-state index is 0.595. The third-order valence-electron chi connectivity index (χ3n) is 10.2. The maximum atomic E-state index is 6.61. The van der Waals surface area contributed by atoms with E-state index < -0.39 is 0 Å². The van der Waals surface area contributed by atoms with Crippen LogP contribution in [0.3, 0.4) is 0 Å². The Morgan fingerprint density at radius 3 is 1.73 bits per heavy atom. The molecule has 0 N–H and O–H groups in total. The SMILES string of the molecule is c1ccc(-c2nc(-c3ccccc3)nc(-c3ccc(-c4nc5cc(-c6ccnc7ccccc67)cnc5c5c4ccc4c6ccccc6oc45)cc3)n2)cc1. The molecular formula is C48H28N6O. The highest BCUT2D eigenvalue weighted by Gasteiger charge is 2.20. The quantitative estimate of drug-likeness (QED) is 0.165. The summed E-state index contributed by atoms with van der Waals surface area (Å²) in [5.41, 5.74) is 10.7. The van der Waals surface area contributed by atoms with E-state index in [-0.39, 0.29) is 0 Å². The van der Waals surface area contributed by atoms with Crippen molar-refractivity contribution in [2.75, 3.05) is 0 Å². The van der Waals surface area contributed by atoms with E-state index in [9.17, 15) is 0 Å². The smallest absolute Gasteiger partial charge is 0.164 e. The van der Waals surface area contributed by atoms with Crippen molar-refractivity contribution in [1.29, 1.82) is 0 Å². The fourth-order valence-electron chi connectivity index (χ4n) is 7.56. The predicted molar refractivity (Wildman–Crippen MR) is 220 cm³/mol. The second-order valence-corrected chi connectivity index (χ2v) is 13.5. The van der Waals surface area contributed by atoms with Crippen molar-refractivity contribution >= 4 is 54.6 Å². The van der Waals surface area contributed by atoms with E-state index in [4.69, 9.17) is 29.3 Å². The third-order valence-corrected chi connectivity index (χ3v) is 10.2. The molecule has 0 unspecified atom stereocenters. The summed E-state index contributed by atoms with van der Waals surface area (Å²) in [6.45, 7) is 0. The summed E-state index contributed by atoms with van der Waals surface area (Å²) in [5.74, 6) is 1.84. The van der Waals surface area contributed by atoms with Gasteiger partial charge in [0.15, 0.2) is 17.5 Å². The van der Waals surface area contributed by atoms with Crippen molar-refractivity contribution in [3.63, 3.8) is 0 Å². The Morgan fingerprint density at radius 1 is 0.400 bits per heavy atom. The summed E-state index contributed by atoms with van der Waals surface area (Å²) in [6.07, 6.45) is 3.78. The summed E-state index contributed by atoms with van der Waals surface area (Å²) >= 11 is 0. The van der Waals surface area contributed by atoms with E-state index in [1.165, 1.54) is 0 Å². The monoisotopic (exact) mass is 704 g/mol. The summed E-state index contributed by atoms with van der Waals surface area (Å²) in [5, 5.41) is 5.06. The zero-order valence-corrected chi connectivity index (χ0v) is 29.3. The van der Waals surface area contributed by atoms with E-state index in [0.717, 1.165) is 93.7 Å².